The van der Waals surface area contributed by atoms with E-state index in [0.29, 0.717) is 0 Å². The van der Waals surface area contributed by atoms with Gasteiger partial charge in [0.1, 0.15) is 0 Å². The Hall–Kier alpha value is -2.67. The number of pyridine rings is 1. The molecule has 1 heterocycles. The lowest BCUT2D eigenvalue weighted by molar-refractivity contribution is -0.123. The third-order valence-electron chi connectivity index (χ3n) is 3.04. The molecule has 0 spiro atoms. The highest BCUT2D eigenvalue weighted by Gasteiger charge is 2.10. The average molecular weight is 320 g/mol. The number of carbonyl (C=O) groups is 1. The van der Waals surface area contributed by atoms with E-state index in [2.05, 4.69) is 5.32 Å². The van der Waals surface area contributed by atoms with Crippen LogP contribution in [0.25, 0.3) is 0 Å². The van der Waals surface area contributed by atoms with Crippen LogP contribution in [0.1, 0.15) is 0 Å². The van der Waals surface area contributed by atoms with Crippen LogP contribution in [-0.2, 0) is 11.3 Å². The number of rotatable bonds is 7. The predicted octanol–water partition coefficient (Wildman–Crippen LogP) is 0.543. The summed E-state index contributed by atoms with van der Waals surface area (Å²) in [5.41, 5.74) is -0.235. The zero-order valence-electron chi connectivity index (χ0n) is 12.3. The van der Waals surface area contributed by atoms with E-state index in [9.17, 15) is 19.1 Å². The number of aliphatic hydroxyl groups is 1. The van der Waals surface area contributed by atoms with Gasteiger partial charge in [0, 0.05) is 18.8 Å². The molecule has 0 aliphatic carbocycles. The van der Waals surface area contributed by atoms with Gasteiger partial charge in [-0.3, -0.25) is 9.59 Å². The van der Waals surface area contributed by atoms with Crippen molar-refractivity contribution in [2.24, 2.45) is 0 Å². The maximum Gasteiger partial charge on any atom is 0.258 e. The van der Waals surface area contributed by atoms with Crippen molar-refractivity contribution in [3.63, 3.8) is 0 Å². The predicted molar refractivity (Wildman–Crippen MR) is 81.6 cm³/mol. The number of nitrogens with one attached hydrogen (secondary N) is 1. The molecule has 0 fully saturated rings. The van der Waals surface area contributed by atoms with Gasteiger partial charge < -0.3 is 19.7 Å². The number of carbonyl (C=O) groups excluding carboxylic acids is 1. The molecule has 1 aromatic heterocycles. The Morgan fingerprint density at radius 2 is 2.00 bits per heavy atom. The highest BCUT2D eigenvalue weighted by Crippen LogP contribution is 2.14. The molecule has 1 amide bonds. The average Bonchev–Trinajstić information content (AvgIpc) is 2.54. The van der Waals surface area contributed by atoms with E-state index in [1.54, 1.807) is 24.4 Å². The van der Waals surface area contributed by atoms with Crippen molar-refractivity contribution < 1.29 is 19.0 Å². The van der Waals surface area contributed by atoms with Crippen LogP contribution in [0.3, 0.4) is 0 Å². The third kappa shape index (κ3) is 5.23. The lowest BCUT2D eigenvalue weighted by Gasteiger charge is -2.13. The molecule has 2 rings (SSSR count). The Morgan fingerprint density at radius 3 is 2.74 bits per heavy atom. The summed E-state index contributed by atoms with van der Waals surface area (Å²) in [6, 6.07) is 10.4. The molecule has 23 heavy (non-hydrogen) atoms. The van der Waals surface area contributed by atoms with Crippen LogP contribution in [0.4, 0.5) is 4.39 Å². The van der Waals surface area contributed by atoms with E-state index in [4.69, 9.17) is 4.74 Å². The molecule has 0 aliphatic rings. The molecule has 6 nitrogen and oxygen atoms in total. The van der Waals surface area contributed by atoms with Crippen molar-refractivity contribution in [2.45, 2.75) is 12.6 Å². The van der Waals surface area contributed by atoms with E-state index in [1.807, 2.05) is 0 Å². The maximum absolute atomic E-state index is 13.3. The topological polar surface area (TPSA) is 80.6 Å². The number of nitrogens with zero attached hydrogens (tertiary/aromatic N) is 1. The largest absolute Gasteiger partial charge is 0.481 e. The summed E-state index contributed by atoms with van der Waals surface area (Å²) >= 11 is 0. The van der Waals surface area contributed by atoms with Crippen LogP contribution in [0.15, 0.2) is 53.5 Å². The van der Waals surface area contributed by atoms with Gasteiger partial charge in [0.2, 0.25) is 0 Å². The standard InChI is InChI=1S/C16H17FN2O4/c17-13-5-1-2-6-14(13)23-11-15(21)18-9-12(20)10-19-8-4-3-7-16(19)22/h1-8,12,20H,9-11H2,(H,18,21)/t12-/m0/s1. The molecule has 1 aromatic carbocycles. The molecule has 0 aliphatic heterocycles. The van der Waals surface area contributed by atoms with E-state index in [1.165, 1.54) is 28.8 Å². The Balaban J connectivity index is 1.75. The molecule has 122 valence electrons. The van der Waals surface area contributed by atoms with Crippen molar-refractivity contribution in [1.29, 1.82) is 0 Å². The molecule has 2 aromatic rings. The summed E-state index contributed by atoms with van der Waals surface area (Å²) in [5.74, 6) is -1.06. The molecule has 2 N–H and O–H groups in total. The number of benzene rings is 1. The van der Waals surface area contributed by atoms with Crippen molar-refractivity contribution in [3.8, 4) is 5.75 Å². The second-order valence-electron chi connectivity index (χ2n) is 4.87. The smallest absolute Gasteiger partial charge is 0.258 e. The lowest BCUT2D eigenvalue weighted by Crippen LogP contribution is -2.38. The summed E-state index contributed by atoms with van der Waals surface area (Å²) in [4.78, 5) is 23.1. The number of hydrogen-bond acceptors (Lipinski definition) is 4. The van der Waals surface area contributed by atoms with Gasteiger partial charge in [-0.1, -0.05) is 18.2 Å². The Morgan fingerprint density at radius 1 is 1.26 bits per heavy atom. The summed E-state index contributed by atoms with van der Waals surface area (Å²) in [7, 11) is 0. The first-order valence-electron chi connectivity index (χ1n) is 7.04. The number of halogens is 1. The van der Waals surface area contributed by atoms with Crippen LogP contribution < -0.4 is 15.6 Å². The van der Waals surface area contributed by atoms with E-state index in [0.717, 1.165) is 0 Å². The molecule has 0 saturated heterocycles. The van der Waals surface area contributed by atoms with Crippen LogP contribution in [-0.4, -0.2) is 34.8 Å². The Labute approximate surface area is 132 Å². The van der Waals surface area contributed by atoms with E-state index < -0.39 is 17.8 Å². The number of amides is 1. The van der Waals surface area contributed by atoms with E-state index in [-0.39, 0.29) is 31.0 Å². The fourth-order valence-electron chi connectivity index (χ4n) is 1.89. The molecule has 1 atom stereocenters. The van der Waals surface area contributed by atoms with Crippen molar-refractivity contribution in [3.05, 3.63) is 64.8 Å². The van der Waals surface area contributed by atoms with Crippen LogP contribution in [0.5, 0.6) is 5.75 Å². The van der Waals surface area contributed by atoms with Gasteiger partial charge in [-0.2, -0.15) is 0 Å². The Kier molecular flexibility index (Phi) is 5.87. The molecule has 0 bridgehead atoms. The molecule has 7 heteroatoms. The minimum Gasteiger partial charge on any atom is -0.481 e. The first-order chi connectivity index (χ1) is 11.1. The minimum absolute atomic E-state index is 0.0148. The lowest BCUT2D eigenvalue weighted by atomic mass is 10.3. The zero-order valence-corrected chi connectivity index (χ0v) is 12.3. The Bertz CT molecular complexity index is 717. The number of aliphatic hydroxyl groups excluding tert-OH is 1. The van der Waals surface area contributed by atoms with Crippen molar-refractivity contribution in [2.75, 3.05) is 13.2 Å². The first kappa shape index (κ1) is 16.7. The van der Waals surface area contributed by atoms with Crippen LogP contribution in [0, 0.1) is 5.82 Å². The van der Waals surface area contributed by atoms with Gasteiger partial charge in [0.25, 0.3) is 11.5 Å². The van der Waals surface area contributed by atoms with Crippen molar-refractivity contribution in [1.82, 2.24) is 9.88 Å². The molecular weight excluding hydrogens is 303 g/mol. The number of ether oxygens (including phenoxy) is 1. The summed E-state index contributed by atoms with van der Waals surface area (Å²) in [6.07, 6.45) is 0.627. The molecule has 0 radical (unpaired) electrons. The van der Waals surface area contributed by atoms with Gasteiger partial charge in [-0.15, -0.1) is 0 Å². The summed E-state index contributed by atoms with van der Waals surface area (Å²) < 4.78 is 19.7. The highest BCUT2D eigenvalue weighted by molar-refractivity contribution is 5.77. The quantitative estimate of drug-likeness (QED) is 0.780. The monoisotopic (exact) mass is 320 g/mol. The fourth-order valence-corrected chi connectivity index (χ4v) is 1.89. The minimum atomic E-state index is -0.924. The second kappa shape index (κ2) is 8.09. The van der Waals surface area contributed by atoms with Gasteiger partial charge in [0.15, 0.2) is 18.2 Å². The molecule has 0 unspecified atom stereocenters. The zero-order chi connectivity index (χ0) is 16.7. The normalized spacial score (nSPS) is 11.7. The second-order valence-corrected chi connectivity index (χ2v) is 4.87. The third-order valence-corrected chi connectivity index (χ3v) is 3.04. The van der Waals surface area contributed by atoms with Crippen molar-refractivity contribution >= 4 is 5.91 Å². The highest BCUT2D eigenvalue weighted by atomic mass is 19.1. The van der Waals surface area contributed by atoms with Gasteiger partial charge in [0.05, 0.1) is 12.6 Å². The number of hydrogen-bond donors (Lipinski definition) is 2. The molecule has 0 saturated carbocycles. The number of para-hydroxylation sites is 1. The number of aromatic nitrogens is 1. The summed E-state index contributed by atoms with van der Waals surface area (Å²) in [6.45, 7) is -0.339. The van der Waals surface area contributed by atoms with E-state index >= 15 is 0 Å². The molecular formula is C16H17FN2O4. The SMILES string of the molecule is O=C(COc1ccccc1F)NC[C@H](O)Cn1ccccc1=O. The maximum atomic E-state index is 13.3. The summed E-state index contributed by atoms with van der Waals surface area (Å²) in [5, 5.41) is 12.3. The van der Waals surface area contributed by atoms with Gasteiger partial charge >= 0.3 is 0 Å². The van der Waals surface area contributed by atoms with Gasteiger partial charge in [-0.05, 0) is 18.2 Å². The fraction of sp³-hybridized carbons (Fsp3) is 0.250. The first-order valence-corrected chi connectivity index (χ1v) is 7.04. The van der Waals surface area contributed by atoms with Gasteiger partial charge in [-0.25, -0.2) is 4.39 Å². The van der Waals surface area contributed by atoms with Crippen LogP contribution >= 0.6 is 0 Å². The van der Waals surface area contributed by atoms with Crippen LogP contribution in [0.2, 0.25) is 0 Å².